The number of ether oxygens (including phenoxy) is 1. The summed E-state index contributed by atoms with van der Waals surface area (Å²) in [5.41, 5.74) is 0.470. The number of rotatable bonds is 4. The van der Waals surface area contributed by atoms with Crippen LogP contribution in [0.15, 0.2) is 42.5 Å². The Morgan fingerprint density at radius 1 is 0.950 bits per heavy atom. The van der Waals surface area contributed by atoms with Crippen LogP contribution < -0.4 is 4.74 Å². The zero-order valence-electron chi connectivity index (χ0n) is 10.0. The highest BCUT2D eigenvalue weighted by Crippen LogP contribution is 2.29. The fourth-order valence-electron chi connectivity index (χ4n) is 1.63. The Bertz CT molecular complexity index is 606. The predicted molar refractivity (Wildman–Crippen MR) is 78.9 cm³/mol. The van der Waals surface area contributed by atoms with E-state index in [1.165, 1.54) is 18.2 Å². The number of carbonyl (C=O) groups is 1. The van der Waals surface area contributed by atoms with Gasteiger partial charge in [-0.05, 0) is 30.3 Å². The summed E-state index contributed by atoms with van der Waals surface area (Å²) in [7, 11) is 0. The summed E-state index contributed by atoms with van der Waals surface area (Å²) in [6.07, 6.45) is -1.16. The van der Waals surface area contributed by atoms with Gasteiger partial charge in [-0.1, -0.05) is 46.9 Å². The van der Waals surface area contributed by atoms with Gasteiger partial charge in [-0.2, -0.15) is 0 Å². The monoisotopic (exact) mass is 330 g/mol. The first-order valence-electron chi connectivity index (χ1n) is 5.57. The van der Waals surface area contributed by atoms with Crippen molar-refractivity contribution in [2.24, 2.45) is 0 Å². The van der Waals surface area contributed by atoms with E-state index in [4.69, 9.17) is 39.5 Å². The summed E-state index contributed by atoms with van der Waals surface area (Å²) in [5, 5.41) is 10.5. The Morgan fingerprint density at radius 3 is 2.00 bits per heavy atom. The molecule has 0 spiro atoms. The van der Waals surface area contributed by atoms with Crippen molar-refractivity contribution in [2.75, 3.05) is 0 Å². The molecule has 6 heteroatoms. The van der Waals surface area contributed by atoms with Crippen molar-refractivity contribution in [3.63, 3.8) is 0 Å². The van der Waals surface area contributed by atoms with Gasteiger partial charge in [0.2, 0.25) is 6.10 Å². The molecule has 104 valence electrons. The highest BCUT2D eigenvalue weighted by molar-refractivity contribution is 6.34. The molecule has 2 aromatic carbocycles. The molecule has 0 fully saturated rings. The van der Waals surface area contributed by atoms with E-state index in [0.29, 0.717) is 20.6 Å². The van der Waals surface area contributed by atoms with E-state index in [0.717, 1.165) is 0 Å². The van der Waals surface area contributed by atoms with E-state index in [9.17, 15) is 9.90 Å². The number of carboxylic acids is 1. The van der Waals surface area contributed by atoms with Crippen LogP contribution in [-0.2, 0) is 4.79 Å². The van der Waals surface area contributed by atoms with E-state index in [1.807, 2.05) is 0 Å². The standard InChI is InChI=1S/C14H9Cl3O3/c15-9-3-1-8(2-4-9)13(14(18)19)20-12-6-10(16)5-11(17)7-12/h1-7,13H,(H,18,19). The highest BCUT2D eigenvalue weighted by Gasteiger charge is 2.22. The first-order valence-corrected chi connectivity index (χ1v) is 6.70. The first-order chi connectivity index (χ1) is 9.45. The zero-order valence-corrected chi connectivity index (χ0v) is 12.3. The third kappa shape index (κ3) is 3.79. The largest absolute Gasteiger partial charge is 0.478 e. The fourth-order valence-corrected chi connectivity index (χ4v) is 2.26. The van der Waals surface area contributed by atoms with Crippen LogP contribution in [0, 0.1) is 0 Å². The van der Waals surface area contributed by atoms with E-state index < -0.39 is 12.1 Å². The van der Waals surface area contributed by atoms with Crippen molar-refractivity contribution in [1.29, 1.82) is 0 Å². The van der Waals surface area contributed by atoms with Gasteiger partial charge in [0, 0.05) is 20.6 Å². The zero-order chi connectivity index (χ0) is 14.7. The number of aliphatic carboxylic acids is 1. The van der Waals surface area contributed by atoms with Crippen LogP contribution in [0.2, 0.25) is 15.1 Å². The van der Waals surface area contributed by atoms with Crippen LogP contribution in [0.4, 0.5) is 0 Å². The topological polar surface area (TPSA) is 46.5 Å². The maximum Gasteiger partial charge on any atom is 0.349 e. The number of hydrogen-bond acceptors (Lipinski definition) is 2. The van der Waals surface area contributed by atoms with Gasteiger partial charge < -0.3 is 9.84 Å². The van der Waals surface area contributed by atoms with Crippen molar-refractivity contribution >= 4 is 40.8 Å². The van der Waals surface area contributed by atoms with Gasteiger partial charge in [0.05, 0.1) is 0 Å². The molecule has 0 saturated heterocycles. The molecule has 0 bridgehead atoms. The lowest BCUT2D eigenvalue weighted by atomic mass is 10.1. The third-order valence-corrected chi connectivity index (χ3v) is 3.18. The minimum absolute atomic E-state index is 0.282. The molecule has 0 radical (unpaired) electrons. The normalized spacial score (nSPS) is 11.9. The molecule has 1 unspecified atom stereocenters. The number of benzene rings is 2. The molecular formula is C14H9Cl3O3. The van der Waals surface area contributed by atoms with Crippen molar-refractivity contribution in [1.82, 2.24) is 0 Å². The molecule has 2 rings (SSSR count). The molecular weight excluding hydrogens is 323 g/mol. The van der Waals surface area contributed by atoms with Crippen LogP contribution in [0.3, 0.4) is 0 Å². The molecule has 3 nitrogen and oxygen atoms in total. The average molecular weight is 332 g/mol. The maximum absolute atomic E-state index is 11.3. The lowest BCUT2D eigenvalue weighted by Gasteiger charge is -2.16. The van der Waals surface area contributed by atoms with Crippen LogP contribution in [0.5, 0.6) is 5.75 Å². The van der Waals surface area contributed by atoms with Gasteiger partial charge in [-0.3, -0.25) is 0 Å². The molecule has 0 saturated carbocycles. The van der Waals surface area contributed by atoms with Crippen LogP contribution >= 0.6 is 34.8 Å². The van der Waals surface area contributed by atoms with Gasteiger partial charge in [0.15, 0.2) is 0 Å². The third-order valence-electron chi connectivity index (χ3n) is 2.49. The quantitative estimate of drug-likeness (QED) is 0.871. The summed E-state index contributed by atoms with van der Waals surface area (Å²) in [5.74, 6) is -0.840. The van der Waals surface area contributed by atoms with Gasteiger partial charge >= 0.3 is 5.97 Å². The lowest BCUT2D eigenvalue weighted by Crippen LogP contribution is -2.18. The Balaban J connectivity index is 2.30. The van der Waals surface area contributed by atoms with E-state index in [2.05, 4.69) is 0 Å². The van der Waals surface area contributed by atoms with Gasteiger partial charge in [0.25, 0.3) is 0 Å². The first kappa shape index (κ1) is 15.0. The number of halogens is 3. The second-order valence-electron chi connectivity index (χ2n) is 3.99. The minimum Gasteiger partial charge on any atom is -0.478 e. The van der Waals surface area contributed by atoms with E-state index in [1.54, 1.807) is 24.3 Å². The van der Waals surface area contributed by atoms with E-state index >= 15 is 0 Å². The Kier molecular flexibility index (Phi) is 4.76. The Hall–Kier alpha value is -1.42. The van der Waals surface area contributed by atoms with Gasteiger partial charge in [-0.15, -0.1) is 0 Å². The fraction of sp³-hybridized carbons (Fsp3) is 0.0714. The Labute approximate surface area is 130 Å². The molecule has 0 aliphatic heterocycles. The maximum atomic E-state index is 11.3. The van der Waals surface area contributed by atoms with Crippen LogP contribution in [-0.4, -0.2) is 11.1 Å². The average Bonchev–Trinajstić information content (AvgIpc) is 2.36. The molecule has 1 atom stereocenters. The molecule has 2 aromatic rings. The summed E-state index contributed by atoms with van der Waals surface area (Å²) in [6.45, 7) is 0. The van der Waals surface area contributed by atoms with Crippen molar-refractivity contribution in [2.45, 2.75) is 6.10 Å². The van der Waals surface area contributed by atoms with Crippen molar-refractivity contribution in [3.8, 4) is 5.75 Å². The molecule has 0 aromatic heterocycles. The molecule has 0 heterocycles. The summed E-state index contributed by atoms with van der Waals surface area (Å²) in [6, 6.07) is 10.9. The smallest absolute Gasteiger partial charge is 0.349 e. The van der Waals surface area contributed by atoms with Gasteiger partial charge in [-0.25, -0.2) is 4.79 Å². The summed E-state index contributed by atoms with van der Waals surface area (Å²) in [4.78, 5) is 11.3. The minimum atomic E-state index is -1.16. The van der Waals surface area contributed by atoms with Crippen LogP contribution in [0.25, 0.3) is 0 Å². The second-order valence-corrected chi connectivity index (χ2v) is 5.30. The van der Waals surface area contributed by atoms with E-state index in [-0.39, 0.29) is 5.75 Å². The van der Waals surface area contributed by atoms with Crippen LogP contribution in [0.1, 0.15) is 11.7 Å². The molecule has 20 heavy (non-hydrogen) atoms. The Morgan fingerprint density at radius 2 is 1.50 bits per heavy atom. The molecule has 0 aliphatic carbocycles. The summed E-state index contributed by atoms with van der Waals surface area (Å²) < 4.78 is 5.45. The van der Waals surface area contributed by atoms with Gasteiger partial charge in [0.1, 0.15) is 5.75 Å². The highest BCUT2D eigenvalue weighted by atomic mass is 35.5. The van der Waals surface area contributed by atoms with Crippen molar-refractivity contribution in [3.05, 3.63) is 63.1 Å². The summed E-state index contributed by atoms with van der Waals surface area (Å²) >= 11 is 17.5. The predicted octanol–water partition coefficient (Wildman–Crippen LogP) is 4.85. The number of hydrogen-bond donors (Lipinski definition) is 1. The lowest BCUT2D eigenvalue weighted by molar-refractivity contribution is -0.145. The molecule has 0 amide bonds. The van der Waals surface area contributed by atoms with Crippen molar-refractivity contribution < 1.29 is 14.6 Å². The molecule has 0 aliphatic rings. The molecule has 1 N–H and O–H groups in total. The second kappa shape index (κ2) is 6.35. The SMILES string of the molecule is O=C(O)C(Oc1cc(Cl)cc(Cl)c1)c1ccc(Cl)cc1. The number of carboxylic acid groups (broad SMARTS) is 1.